The predicted octanol–water partition coefficient (Wildman–Crippen LogP) is 11.6. The normalized spacial score (nSPS) is 14.2. The summed E-state index contributed by atoms with van der Waals surface area (Å²) in [6, 6.07) is 57.5. The molecule has 8 rings (SSSR count). The molecule has 4 unspecified atom stereocenters. The van der Waals surface area contributed by atoms with Crippen LogP contribution < -0.4 is 10.6 Å². The quantitative estimate of drug-likeness (QED) is 0.0618. The number of nitrogens with one attached hydrogen (secondary N) is 2. The maximum absolute atomic E-state index is 14.4. The lowest BCUT2D eigenvalue weighted by molar-refractivity contribution is 0.0401. The molecule has 2 heterocycles. The highest BCUT2D eigenvalue weighted by Crippen LogP contribution is 2.43. The van der Waals surface area contributed by atoms with Crippen LogP contribution in [0.25, 0.3) is 0 Å². The Balaban J connectivity index is 1.14. The van der Waals surface area contributed by atoms with Gasteiger partial charge in [-0.1, -0.05) is 182 Å². The van der Waals surface area contributed by atoms with Crippen molar-refractivity contribution in [3.8, 4) is 0 Å². The number of benzene rings is 6. The van der Waals surface area contributed by atoms with Gasteiger partial charge in [-0.3, -0.25) is 4.57 Å². The number of rotatable bonds is 18. The lowest BCUT2D eigenvalue weighted by Gasteiger charge is -2.36. The predicted molar refractivity (Wildman–Crippen MR) is 284 cm³/mol. The third-order valence-electron chi connectivity index (χ3n) is 12.3. The maximum atomic E-state index is 14.4. The molecule has 0 fully saturated rings. The van der Waals surface area contributed by atoms with Crippen molar-refractivity contribution in [2.45, 2.75) is 102 Å². The zero-order chi connectivity index (χ0) is 52.5. The zero-order valence-electron chi connectivity index (χ0n) is 42.8. The molecule has 74 heavy (non-hydrogen) atoms. The molecular weight excluding hydrogens is 952 g/mol. The van der Waals surface area contributed by atoms with E-state index in [-0.39, 0.29) is 11.6 Å². The summed E-state index contributed by atoms with van der Waals surface area (Å²) in [4.78, 5) is 36.9. The van der Waals surface area contributed by atoms with Crippen molar-refractivity contribution in [3.63, 3.8) is 0 Å². The lowest BCUT2D eigenvalue weighted by atomic mass is 9.77. The molecule has 6 aromatic carbocycles. The van der Waals surface area contributed by atoms with Crippen LogP contribution in [0.3, 0.4) is 0 Å². The highest BCUT2D eigenvalue weighted by molar-refractivity contribution is 7.33. The summed E-state index contributed by atoms with van der Waals surface area (Å²) in [5, 5.41) is 16.0. The number of hydrogen-bond acceptors (Lipinski definition) is 11. The molecule has 0 bridgehead atoms. The van der Waals surface area contributed by atoms with E-state index in [0.29, 0.717) is 0 Å². The Bertz CT molecular complexity index is 2690. The number of carbonyl (C=O) groups excluding carboxylic acids is 2. The molecule has 0 spiro atoms. The second-order valence-corrected chi connectivity index (χ2v) is 20.8. The number of nitrogens with zero attached hydrogens (tertiary/aromatic N) is 6. The van der Waals surface area contributed by atoms with E-state index < -0.39 is 67.0 Å². The molecule has 0 aliphatic rings. The van der Waals surface area contributed by atoms with Crippen molar-refractivity contribution < 1.29 is 32.7 Å². The summed E-state index contributed by atoms with van der Waals surface area (Å²) in [6.07, 6.45) is -0.471. The highest BCUT2D eigenvalue weighted by Gasteiger charge is 2.43. The Kier molecular flexibility index (Phi) is 16.1. The summed E-state index contributed by atoms with van der Waals surface area (Å²) in [5.74, 6) is 0.299. The van der Waals surface area contributed by atoms with Gasteiger partial charge in [-0.25, -0.2) is 28.9 Å². The third kappa shape index (κ3) is 11.7. The minimum atomic E-state index is -3.49. The first-order valence-electron chi connectivity index (χ1n) is 24.5. The molecule has 2 aromatic heterocycles. The Labute approximate surface area is 433 Å². The SMILES string of the molecule is CC(O[PH](=O)OC(C)C(NC(=O)OC(C)(C)C)c1ncn(C(c2ccccc2)(c2ccccc2)c2ccccc2)n1)C(NC(=O)OC(C)(C)C)c1ncn(C(c2ccccc2)(c2ccccc2)c2ccccc2)n1. The van der Waals surface area contributed by atoms with Gasteiger partial charge in [-0.05, 0) is 88.8 Å². The topological polar surface area (TPSA) is 174 Å². The van der Waals surface area contributed by atoms with E-state index >= 15 is 0 Å². The summed E-state index contributed by atoms with van der Waals surface area (Å²) in [5.41, 5.74) is 1.65. The molecule has 0 aliphatic heterocycles. The number of carbonyl (C=O) groups is 2. The number of amides is 2. The van der Waals surface area contributed by atoms with Crippen LogP contribution in [0.5, 0.6) is 0 Å². The number of hydrogen-bond donors (Lipinski definition) is 2. The van der Waals surface area contributed by atoms with Crippen molar-refractivity contribution >= 4 is 20.4 Å². The summed E-state index contributed by atoms with van der Waals surface area (Å²) in [7, 11) is -3.49. The van der Waals surface area contributed by atoms with E-state index in [1.165, 1.54) is 0 Å². The van der Waals surface area contributed by atoms with Gasteiger partial charge in [0.2, 0.25) is 0 Å². The van der Waals surface area contributed by atoms with Crippen LogP contribution >= 0.6 is 8.25 Å². The molecule has 2 N–H and O–H groups in total. The molecule has 4 atom stereocenters. The molecule has 0 saturated carbocycles. The van der Waals surface area contributed by atoms with E-state index in [2.05, 4.69) is 10.6 Å². The number of alkyl carbamates (subject to hydrolysis) is 2. The molecule has 15 nitrogen and oxygen atoms in total. The first-order chi connectivity index (χ1) is 35.5. The van der Waals surface area contributed by atoms with E-state index in [1.807, 2.05) is 182 Å². The highest BCUT2D eigenvalue weighted by atomic mass is 31.1. The van der Waals surface area contributed by atoms with E-state index in [4.69, 9.17) is 38.7 Å². The van der Waals surface area contributed by atoms with Crippen LogP contribution in [0.4, 0.5) is 9.59 Å². The van der Waals surface area contributed by atoms with Crippen LogP contribution in [-0.4, -0.2) is 65.1 Å². The molecule has 8 aromatic rings. The van der Waals surface area contributed by atoms with Gasteiger partial charge in [-0.15, -0.1) is 0 Å². The van der Waals surface area contributed by atoms with Crippen molar-refractivity contribution in [1.29, 1.82) is 0 Å². The molecule has 0 aliphatic carbocycles. The summed E-state index contributed by atoms with van der Waals surface area (Å²) >= 11 is 0. The third-order valence-corrected chi connectivity index (χ3v) is 13.4. The van der Waals surface area contributed by atoms with Gasteiger partial charge in [0.25, 0.3) is 0 Å². The van der Waals surface area contributed by atoms with Gasteiger partial charge in [0.05, 0.1) is 12.2 Å². The first kappa shape index (κ1) is 52.6. The second kappa shape index (κ2) is 22.6. The smallest absolute Gasteiger partial charge is 0.408 e. The Morgan fingerprint density at radius 3 is 0.919 bits per heavy atom. The second-order valence-electron chi connectivity index (χ2n) is 19.9. The fourth-order valence-electron chi connectivity index (χ4n) is 9.15. The van der Waals surface area contributed by atoms with E-state index in [0.717, 1.165) is 33.4 Å². The standard InChI is InChI=1S/C58H63N8O7P/c1-41(49(61-53(67)70-55(3,4)5)51-59-39-65(63-51)57(43-27-15-9-16-28-43,44-29-17-10-18-30-44)45-31-19-11-20-32-45)72-74(69)73-42(2)50(62-54(68)71-56(6,7)8)52-60-40-66(64-52)58(46-33-21-12-22-34-46,47-35-23-13-24-36-47)48-37-25-14-26-38-48/h9-42,49-50,74H,1-8H3,(H,61,67)(H,62,68). The van der Waals surface area contributed by atoms with Gasteiger partial charge < -0.3 is 29.2 Å². The monoisotopic (exact) mass is 1010 g/mol. The van der Waals surface area contributed by atoms with Crippen molar-refractivity contribution in [1.82, 2.24) is 40.2 Å². The maximum Gasteiger partial charge on any atom is 0.408 e. The Hall–Kier alpha value is -7.71. The van der Waals surface area contributed by atoms with Crippen molar-refractivity contribution in [2.24, 2.45) is 0 Å². The van der Waals surface area contributed by atoms with Crippen LogP contribution in [0, 0.1) is 0 Å². The molecular formula is C58H63N8O7P. The molecule has 16 heteroatoms. The molecule has 0 radical (unpaired) electrons. The first-order valence-corrected chi connectivity index (χ1v) is 25.7. The van der Waals surface area contributed by atoms with Crippen LogP contribution in [0.2, 0.25) is 0 Å². The van der Waals surface area contributed by atoms with Crippen molar-refractivity contribution in [3.05, 3.63) is 240 Å². The van der Waals surface area contributed by atoms with Crippen molar-refractivity contribution in [2.75, 3.05) is 0 Å². The van der Waals surface area contributed by atoms with E-state index in [9.17, 15) is 14.2 Å². The fourth-order valence-corrected chi connectivity index (χ4v) is 10.1. The zero-order valence-corrected chi connectivity index (χ0v) is 43.8. The Morgan fingerprint density at radius 1 is 0.446 bits per heavy atom. The molecule has 2 amide bonds. The van der Waals surface area contributed by atoms with Crippen LogP contribution in [0.1, 0.15) is 113 Å². The van der Waals surface area contributed by atoms with Gasteiger partial charge in [-0.2, -0.15) is 10.2 Å². The lowest BCUT2D eigenvalue weighted by Crippen LogP contribution is -2.41. The average molecular weight is 1020 g/mol. The minimum absolute atomic E-state index is 0.149. The van der Waals surface area contributed by atoms with Gasteiger partial charge in [0.1, 0.15) is 47.0 Å². The summed E-state index contributed by atoms with van der Waals surface area (Å²) < 4.78 is 41.7. The number of aromatic nitrogens is 6. The number of ether oxygens (including phenoxy) is 2. The Morgan fingerprint density at radius 2 is 0.689 bits per heavy atom. The largest absolute Gasteiger partial charge is 0.444 e. The van der Waals surface area contributed by atoms with Crippen LogP contribution in [-0.2, 0) is 34.2 Å². The van der Waals surface area contributed by atoms with E-state index in [1.54, 1.807) is 77.4 Å². The minimum Gasteiger partial charge on any atom is -0.444 e. The summed E-state index contributed by atoms with van der Waals surface area (Å²) in [6.45, 7) is 13.8. The molecule has 382 valence electrons. The van der Waals surface area contributed by atoms with Crippen LogP contribution in [0.15, 0.2) is 195 Å². The van der Waals surface area contributed by atoms with Gasteiger partial charge in [0, 0.05) is 0 Å². The molecule has 0 saturated heterocycles. The fraction of sp³-hybridized carbons (Fsp3) is 0.276. The average Bonchev–Trinajstić information content (AvgIpc) is 4.08. The van der Waals surface area contributed by atoms with Gasteiger partial charge >= 0.3 is 20.4 Å². The van der Waals surface area contributed by atoms with Gasteiger partial charge in [0.15, 0.2) is 11.6 Å².